The van der Waals surface area contributed by atoms with Crippen LogP contribution in [-0.4, -0.2) is 24.4 Å². The van der Waals surface area contributed by atoms with Crippen LogP contribution in [0.25, 0.3) is 17.1 Å². The molecule has 0 aliphatic carbocycles. The number of halogens is 4. The molecular weight excluding hydrogens is 425 g/mol. The molecule has 0 amide bonds. The molecule has 2 heterocycles. The van der Waals surface area contributed by atoms with Crippen LogP contribution in [0.5, 0.6) is 5.75 Å². The molecule has 154 valence electrons. The average molecular weight is 437 g/mol. The lowest BCUT2D eigenvalue weighted by molar-refractivity contribution is -0.137. The molecule has 2 aromatic heterocycles. The number of aromatic nitrogens is 4. The van der Waals surface area contributed by atoms with Gasteiger partial charge in [-0.2, -0.15) is 17.9 Å². The Hall–Kier alpha value is -3.53. The fourth-order valence-electron chi connectivity index (χ4n) is 2.89. The summed E-state index contributed by atoms with van der Waals surface area (Å²) in [6.45, 7) is -0.239. The fraction of sp³-hybridized carbons (Fsp3) is 0.105. The highest BCUT2D eigenvalue weighted by molar-refractivity contribution is 6.30. The number of hydrogen-bond acceptors (Lipinski definition) is 5. The van der Waals surface area contributed by atoms with E-state index in [4.69, 9.17) is 16.0 Å². The Morgan fingerprint density at radius 3 is 2.67 bits per heavy atom. The maximum absolute atomic E-state index is 13.5. The van der Waals surface area contributed by atoms with E-state index < -0.39 is 28.9 Å². The maximum Gasteiger partial charge on any atom is 0.437 e. The molecule has 1 N–H and O–H groups in total. The van der Waals surface area contributed by atoms with Gasteiger partial charge in [0, 0.05) is 28.7 Å². The molecule has 0 unspecified atom stereocenters. The highest BCUT2D eigenvalue weighted by Gasteiger charge is 2.35. The van der Waals surface area contributed by atoms with Gasteiger partial charge in [0.1, 0.15) is 5.75 Å². The monoisotopic (exact) mass is 436 g/mol. The molecule has 0 saturated carbocycles. The maximum atomic E-state index is 13.5. The number of nitrogens with zero attached hydrogens (tertiary/aromatic N) is 4. The first-order valence-electron chi connectivity index (χ1n) is 8.47. The quantitative estimate of drug-likeness (QED) is 0.520. The van der Waals surface area contributed by atoms with E-state index in [1.807, 2.05) is 0 Å². The van der Waals surface area contributed by atoms with Gasteiger partial charge in [-0.05, 0) is 36.4 Å². The van der Waals surface area contributed by atoms with E-state index in [1.54, 1.807) is 6.20 Å². The van der Waals surface area contributed by atoms with Gasteiger partial charge >= 0.3 is 11.9 Å². The van der Waals surface area contributed by atoms with Gasteiger partial charge in [-0.15, -0.1) is 5.10 Å². The van der Waals surface area contributed by atoms with Crippen molar-refractivity contribution in [1.82, 2.24) is 19.3 Å². The predicted molar refractivity (Wildman–Crippen MR) is 101 cm³/mol. The third-order valence-corrected chi connectivity index (χ3v) is 4.54. The lowest BCUT2D eigenvalue weighted by Crippen LogP contribution is -2.16. The molecule has 7 nitrogen and oxygen atoms in total. The van der Waals surface area contributed by atoms with E-state index >= 15 is 0 Å². The van der Waals surface area contributed by atoms with Crippen LogP contribution < -0.4 is 5.76 Å². The Morgan fingerprint density at radius 2 is 1.97 bits per heavy atom. The SMILES string of the molecule is O=c1oc(-c2cc(-n3ccnc3)ccc2C(F)(F)F)nn1Cc1cc(Cl)ccc1O. The summed E-state index contributed by atoms with van der Waals surface area (Å²) in [4.78, 5) is 16.1. The van der Waals surface area contributed by atoms with Gasteiger partial charge in [-0.25, -0.2) is 9.78 Å². The largest absolute Gasteiger partial charge is 0.508 e. The minimum Gasteiger partial charge on any atom is -0.508 e. The molecule has 2 aromatic carbocycles. The molecule has 0 atom stereocenters. The van der Waals surface area contributed by atoms with E-state index in [0.717, 1.165) is 10.7 Å². The topological polar surface area (TPSA) is 86.1 Å². The van der Waals surface area contributed by atoms with Crippen LogP contribution in [0.1, 0.15) is 11.1 Å². The van der Waals surface area contributed by atoms with Gasteiger partial charge < -0.3 is 14.1 Å². The van der Waals surface area contributed by atoms with Crippen LogP contribution in [0.4, 0.5) is 13.2 Å². The molecule has 30 heavy (non-hydrogen) atoms. The van der Waals surface area contributed by atoms with Gasteiger partial charge in [0.2, 0.25) is 5.89 Å². The van der Waals surface area contributed by atoms with Gasteiger partial charge in [0.15, 0.2) is 0 Å². The van der Waals surface area contributed by atoms with E-state index in [0.29, 0.717) is 10.7 Å². The Kier molecular flexibility index (Phi) is 4.86. The minimum absolute atomic E-state index is 0.145. The summed E-state index contributed by atoms with van der Waals surface area (Å²) in [6.07, 6.45) is -0.244. The summed E-state index contributed by atoms with van der Waals surface area (Å²) in [6, 6.07) is 7.56. The first-order chi connectivity index (χ1) is 14.2. The van der Waals surface area contributed by atoms with Crippen LogP contribution in [-0.2, 0) is 12.7 Å². The van der Waals surface area contributed by atoms with Crippen molar-refractivity contribution >= 4 is 11.6 Å². The number of benzene rings is 2. The summed E-state index contributed by atoms with van der Waals surface area (Å²) in [5.74, 6) is -1.63. The van der Waals surface area contributed by atoms with Crippen LogP contribution in [0.2, 0.25) is 5.02 Å². The number of alkyl halides is 3. The molecule has 11 heteroatoms. The fourth-order valence-corrected chi connectivity index (χ4v) is 3.08. The molecule has 0 radical (unpaired) electrons. The molecule has 0 aliphatic heterocycles. The van der Waals surface area contributed by atoms with Crippen molar-refractivity contribution in [3.63, 3.8) is 0 Å². The lowest BCUT2D eigenvalue weighted by atomic mass is 10.1. The second-order valence-electron chi connectivity index (χ2n) is 6.30. The average Bonchev–Trinajstić information content (AvgIpc) is 3.34. The van der Waals surface area contributed by atoms with Gasteiger partial charge in [0.25, 0.3) is 0 Å². The normalized spacial score (nSPS) is 11.7. The Morgan fingerprint density at radius 1 is 1.17 bits per heavy atom. The van der Waals surface area contributed by atoms with Gasteiger partial charge in [-0.3, -0.25) is 0 Å². The van der Waals surface area contributed by atoms with Crippen molar-refractivity contribution in [3.8, 4) is 22.9 Å². The highest BCUT2D eigenvalue weighted by atomic mass is 35.5. The Balaban J connectivity index is 1.80. The molecule has 4 rings (SSSR count). The first kappa shape index (κ1) is 19.8. The molecule has 0 spiro atoms. The number of hydrogen-bond donors (Lipinski definition) is 1. The molecule has 0 saturated heterocycles. The standard InChI is InChI=1S/C19H12ClF3N4O3/c20-12-1-4-16(28)11(7-12)9-27-18(29)30-17(25-27)14-8-13(26-6-5-24-10-26)2-3-15(14)19(21,22)23/h1-8,10,28H,9H2. The number of aromatic hydroxyl groups is 1. The number of imidazole rings is 1. The van der Waals surface area contributed by atoms with Crippen LogP contribution in [0, 0.1) is 0 Å². The molecule has 0 aliphatic rings. The number of phenols is 1. The predicted octanol–water partition coefficient (Wildman–Crippen LogP) is 4.12. The zero-order chi connectivity index (χ0) is 21.5. The highest BCUT2D eigenvalue weighted by Crippen LogP contribution is 2.37. The zero-order valence-corrected chi connectivity index (χ0v) is 15.7. The zero-order valence-electron chi connectivity index (χ0n) is 15.0. The van der Waals surface area contributed by atoms with Gasteiger partial charge in [0.05, 0.1) is 24.0 Å². The van der Waals surface area contributed by atoms with Crippen molar-refractivity contribution < 1.29 is 22.7 Å². The van der Waals surface area contributed by atoms with Crippen LogP contribution in [0.15, 0.2) is 64.3 Å². The summed E-state index contributed by atoms with van der Waals surface area (Å²) in [7, 11) is 0. The number of phenolic OH excluding ortho intramolecular Hbond substituents is 1. The third-order valence-electron chi connectivity index (χ3n) is 4.31. The second kappa shape index (κ2) is 7.38. The smallest absolute Gasteiger partial charge is 0.437 e. The van der Waals surface area contributed by atoms with Crippen molar-refractivity contribution in [1.29, 1.82) is 0 Å². The molecule has 0 fully saturated rings. The second-order valence-corrected chi connectivity index (χ2v) is 6.74. The molecular formula is C19H12ClF3N4O3. The van der Waals surface area contributed by atoms with Crippen LogP contribution in [0.3, 0.4) is 0 Å². The first-order valence-corrected chi connectivity index (χ1v) is 8.85. The van der Waals surface area contributed by atoms with Crippen LogP contribution >= 0.6 is 11.6 Å². The van der Waals surface area contributed by atoms with Crippen molar-refractivity contribution in [3.05, 3.63) is 81.8 Å². The Labute approximate surface area is 171 Å². The van der Waals surface area contributed by atoms with Crippen molar-refractivity contribution in [2.45, 2.75) is 12.7 Å². The molecule has 4 aromatic rings. The van der Waals surface area contributed by atoms with E-state index in [-0.39, 0.29) is 17.9 Å². The Bertz CT molecular complexity index is 1260. The number of rotatable bonds is 4. The summed E-state index contributed by atoms with van der Waals surface area (Å²) in [5.41, 5.74) is -0.780. The summed E-state index contributed by atoms with van der Waals surface area (Å²) < 4.78 is 47.9. The van der Waals surface area contributed by atoms with Crippen molar-refractivity contribution in [2.75, 3.05) is 0 Å². The van der Waals surface area contributed by atoms with E-state index in [1.165, 1.54) is 47.4 Å². The summed E-state index contributed by atoms with van der Waals surface area (Å²) in [5, 5.41) is 14.1. The lowest BCUT2D eigenvalue weighted by Gasteiger charge is -2.12. The summed E-state index contributed by atoms with van der Waals surface area (Å²) >= 11 is 5.89. The van der Waals surface area contributed by atoms with Gasteiger partial charge in [-0.1, -0.05) is 11.6 Å². The van der Waals surface area contributed by atoms with E-state index in [2.05, 4.69) is 10.1 Å². The van der Waals surface area contributed by atoms with E-state index in [9.17, 15) is 23.1 Å². The third kappa shape index (κ3) is 3.81. The van der Waals surface area contributed by atoms with Crippen molar-refractivity contribution in [2.24, 2.45) is 0 Å². The minimum atomic E-state index is -4.70. The molecule has 0 bridgehead atoms.